The Labute approximate surface area is 178 Å². The van der Waals surface area contributed by atoms with Crippen molar-refractivity contribution in [1.82, 2.24) is 5.43 Å². The van der Waals surface area contributed by atoms with E-state index < -0.39 is 0 Å². The summed E-state index contributed by atoms with van der Waals surface area (Å²) in [5.74, 6) is 0.215. The van der Waals surface area contributed by atoms with E-state index in [1.807, 2.05) is 48.5 Å². The second-order valence-electron chi connectivity index (χ2n) is 6.73. The lowest BCUT2D eigenvalue weighted by atomic mass is 10.2. The van der Waals surface area contributed by atoms with Gasteiger partial charge in [-0.3, -0.25) is 4.79 Å². The number of carbonyl (C=O) groups excluding carboxylic acids is 1. The second-order valence-corrected chi connectivity index (χ2v) is 6.73. The highest BCUT2D eigenvalue weighted by Crippen LogP contribution is 2.19. The van der Waals surface area contributed by atoms with Crippen molar-refractivity contribution in [2.75, 3.05) is 18.0 Å². The van der Waals surface area contributed by atoms with Gasteiger partial charge in [0.25, 0.3) is 5.91 Å². The van der Waals surface area contributed by atoms with Crippen LogP contribution in [-0.2, 0) is 6.61 Å². The van der Waals surface area contributed by atoms with Crippen LogP contribution in [0.1, 0.15) is 35.3 Å². The molecule has 1 N–H and O–H groups in total. The number of carbonyl (C=O) groups is 1. The van der Waals surface area contributed by atoms with Crippen molar-refractivity contribution < 1.29 is 9.53 Å². The van der Waals surface area contributed by atoms with Crippen molar-refractivity contribution in [3.05, 3.63) is 95.6 Å². The summed E-state index contributed by atoms with van der Waals surface area (Å²) in [7, 11) is 0. The molecule has 1 amide bonds. The minimum atomic E-state index is -0.310. The molecule has 0 atom stereocenters. The van der Waals surface area contributed by atoms with Gasteiger partial charge in [0, 0.05) is 18.8 Å². The third kappa shape index (κ3) is 5.70. The molecule has 0 spiro atoms. The number of nitrogens with one attached hydrogen (secondary N) is 1. The van der Waals surface area contributed by atoms with Crippen LogP contribution < -0.4 is 15.1 Å². The molecular weight excluding hydrogens is 374 g/mol. The quantitative estimate of drug-likeness (QED) is 0.411. The number of nitrogens with zero attached hydrogens (tertiary/aromatic N) is 2. The largest absolute Gasteiger partial charge is 0.488 e. The summed E-state index contributed by atoms with van der Waals surface area (Å²) in [6.45, 7) is 6.59. The van der Waals surface area contributed by atoms with E-state index in [0.29, 0.717) is 17.9 Å². The summed E-state index contributed by atoms with van der Waals surface area (Å²) in [6, 6.07) is 25.1. The molecule has 0 saturated heterocycles. The number of rotatable bonds is 9. The summed E-state index contributed by atoms with van der Waals surface area (Å²) in [5.41, 5.74) is 6.16. The molecule has 5 nitrogen and oxygen atoms in total. The molecule has 3 aromatic carbocycles. The molecule has 0 saturated carbocycles. The van der Waals surface area contributed by atoms with Crippen LogP contribution in [0.25, 0.3) is 0 Å². The summed E-state index contributed by atoms with van der Waals surface area (Å²) in [4.78, 5) is 14.8. The molecule has 3 aromatic rings. The Morgan fingerprint density at radius 3 is 2.30 bits per heavy atom. The fourth-order valence-corrected chi connectivity index (χ4v) is 3.10. The Morgan fingerprint density at radius 1 is 0.933 bits per heavy atom. The van der Waals surface area contributed by atoms with Gasteiger partial charge < -0.3 is 9.64 Å². The zero-order valence-corrected chi connectivity index (χ0v) is 17.4. The van der Waals surface area contributed by atoms with Gasteiger partial charge in [0.1, 0.15) is 12.4 Å². The first kappa shape index (κ1) is 21.1. The highest BCUT2D eigenvalue weighted by molar-refractivity contribution is 5.97. The summed E-state index contributed by atoms with van der Waals surface area (Å²) < 4.78 is 5.85. The number of hydrogen-bond acceptors (Lipinski definition) is 4. The van der Waals surface area contributed by atoms with Crippen LogP contribution in [0.5, 0.6) is 5.75 Å². The van der Waals surface area contributed by atoms with Crippen LogP contribution in [0.3, 0.4) is 0 Å². The third-order valence-electron chi connectivity index (χ3n) is 4.77. The van der Waals surface area contributed by atoms with Crippen LogP contribution in [0, 0.1) is 0 Å². The van der Waals surface area contributed by atoms with Crippen molar-refractivity contribution >= 4 is 17.8 Å². The lowest BCUT2D eigenvalue weighted by Crippen LogP contribution is -2.21. The molecule has 3 rings (SSSR count). The highest BCUT2D eigenvalue weighted by Gasteiger charge is 2.11. The molecule has 0 radical (unpaired) electrons. The fraction of sp³-hybridized carbons (Fsp3) is 0.200. The van der Waals surface area contributed by atoms with Gasteiger partial charge >= 0.3 is 0 Å². The van der Waals surface area contributed by atoms with Crippen LogP contribution >= 0.6 is 0 Å². The van der Waals surface area contributed by atoms with Gasteiger partial charge in [-0.15, -0.1) is 0 Å². The maximum atomic E-state index is 12.6. The number of amides is 1. The molecule has 0 aromatic heterocycles. The van der Waals surface area contributed by atoms with Gasteiger partial charge in [-0.1, -0.05) is 54.6 Å². The SMILES string of the molecule is CCN(CC)c1ccc(C=NNC(=O)c2ccccc2OCc2ccccc2)cc1. The number of ether oxygens (including phenoxy) is 1. The Kier molecular flexibility index (Phi) is 7.61. The zero-order valence-electron chi connectivity index (χ0n) is 17.4. The van der Waals surface area contributed by atoms with Gasteiger partial charge in [-0.25, -0.2) is 5.43 Å². The Hall–Kier alpha value is -3.60. The second kappa shape index (κ2) is 10.8. The molecule has 0 aliphatic heterocycles. The first-order valence-corrected chi connectivity index (χ1v) is 10.2. The average molecular weight is 402 g/mol. The molecule has 0 heterocycles. The summed E-state index contributed by atoms with van der Waals surface area (Å²) >= 11 is 0. The minimum absolute atomic E-state index is 0.310. The van der Waals surface area contributed by atoms with E-state index >= 15 is 0 Å². The predicted octanol–water partition coefficient (Wildman–Crippen LogP) is 4.88. The molecule has 0 unspecified atom stereocenters. The molecule has 0 aliphatic carbocycles. The topological polar surface area (TPSA) is 53.9 Å². The number of hydrogen-bond donors (Lipinski definition) is 1. The maximum absolute atomic E-state index is 12.6. The fourth-order valence-electron chi connectivity index (χ4n) is 3.10. The van der Waals surface area contributed by atoms with E-state index in [2.05, 4.69) is 41.4 Å². The minimum Gasteiger partial charge on any atom is -0.488 e. The Balaban J connectivity index is 1.61. The van der Waals surface area contributed by atoms with E-state index in [4.69, 9.17) is 4.74 Å². The molecule has 5 heteroatoms. The molecule has 154 valence electrons. The molecular formula is C25H27N3O2. The van der Waals surface area contributed by atoms with Crippen LogP contribution in [0.4, 0.5) is 5.69 Å². The first-order valence-electron chi connectivity index (χ1n) is 10.2. The molecule has 0 aliphatic rings. The van der Waals surface area contributed by atoms with Crippen molar-refractivity contribution in [2.45, 2.75) is 20.5 Å². The van der Waals surface area contributed by atoms with Gasteiger partial charge in [0.05, 0.1) is 11.8 Å². The lowest BCUT2D eigenvalue weighted by Gasteiger charge is -2.20. The van der Waals surface area contributed by atoms with Crippen LogP contribution in [-0.4, -0.2) is 25.2 Å². The van der Waals surface area contributed by atoms with E-state index in [1.165, 1.54) is 5.69 Å². The van der Waals surface area contributed by atoms with Crippen LogP contribution in [0.2, 0.25) is 0 Å². The van der Waals surface area contributed by atoms with Gasteiger partial charge in [0.2, 0.25) is 0 Å². The number of para-hydroxylation sites is 1. The van der Waals surface area contributed by atoms with Crippen molar-refractivity contribution in [3.63, 3.8) is 0 Å². The monoisotopic (exact) mass is 401 g/mol. The van der Waals surface area contributed by atoms with E-state index in [1.54, 1.807) is 24.4 Å². The van der Waals surface area contributed by atoms with E-state index in [-0.39, 0.29) is 5.91 Å². The standard InChI is InChI=1S/C25H27N3O2/c1-3-28(4-2)22-16-14-20(15-17-22)18-26-27-25(29)23-12-8-9-13-24(23)30-19-21-10-6-5-7-11-21/h5-18H,3-4,19H2,1-2H3,(H,27,29). The summed E-state index contributed by atoms with van der Waals surface area (Å²) in [5, 5.41) is 4.10. The number of anilines is 1. The average Bonchev–Trinajstić information content (AvgIpc) is 2.80. The number of hydrazone groups is 1. The normalized spacial score (nSPS) is 10.7. The van der Waals surface area contributed by atoms with Gasteiger partial charge in [0.15, 0.2) is 0 Å². The van der Waals surface area contributed by atoms with Gasteiger partial charge in [-0.2, -0.15) is 5.10 Å². The molecule has 0 bridgehead atoms. The lowest BCUT2D eigenvalue weighted by molar-refractivity contribution is 0.0950. The smallest absolute Gasteiger partial charge is 0.275 e. The summed E-state index contributed by atoms with van der Waals surface area (Å²) in [6.07, 6.45) is 1.64. The first-order chi connectivity index (χ1) is 14.7. The third-order valence-corrected chi connectivity index (χ3v) is 4.77. The highest BCUT2D eigenvalue weighted by atomic mass is 16.5. The van der Waals surface area contributed by atoms with Crippen molar-refractivity contribution in [2.24, 2.45) is 5.10 Å². The van der Waals surface area contributed by atoms with Crippen LogP contribution in [0.15, 0.2) is 84.0 Å². The van der Waals surface area contributed by atoms with Crippen molar-refractivity contribution in [1.29, 1.82) is 0 Å². The predicted molar refractivity (Wildman–Crippen MR) is 122 cm³/mol. The molecule has 30 heavy (non-hydrogen) atoms. The molecule has 0 fully saturated rings. The zero-order chi connectivity index (χ0) is 21.2. The Morgan fingerprint density at radius 2 is 1.60 bits per heavy atom. The van der Waals surface area contributed by atoms with Gasteiger partial charge in [-0.05, 0) is 49.2 Å². The Bertz CT molecular complexity index is 965. The van der Waals surface area contributed by atoms with E-state index in [9.17, 15) is 4.79 Å². The maximum Gasteiger partial charge on any atom is 0.275 e. The number of benzene rings is 3. The van der Waals surface area contributed by atoms with E-state index in [0.717, 1.165) is 24.2 Å². The van der Waals surface area contributed by atoms with Crippen molar-refractivity contribution in [3.8, 4) is 5.75 Å².